The number of halogens is 1. The number of hydrogen-bond acceptors (Lipinski definition) is 7. The standard InChI is InChI=1S/C26H30FN5O4/c1-24(2)25(3)7-8-26(24,36-22(25)35)21(34)32-12-15-16(13-32)20(15)31(5)23-29-18(10-19(33)30(23)4)14-6-9-28-11-17(14)27/h6,9-11,15-16,20H,7-8,12-13H2,1-5H3/t15-,16+,20+,25-,26?/m0/s1. The van der Waals surface area contributed by atoms with E-state index in [9.17, 15) is 18.8 Å². The second kappa shape index (κ2) is 7.14. The third-order valence-corrected chi connectivity index (χ3v) is 9.79. The summed E-state index contributed by atoms with van der Waals surface area (Å²) in [5.41, 5.74) is -2.09. The molecule has 1 amide bonds. The van der Waals surface area contributed by atoms with Crippen molar-refractivity contribution in [3.8, 4) is 11.3 Å². The van der Waals surface area contributed by atoms with Crippen LogP contribution in [0, 0.1) is 28.5 Å². The van der Waals surface area contributed by atoms with E-state index >= 15 is 0 Å². The molecule has 2 aliphatic carbocycles. The van der Waals surface area contributed by atoms with Gasteiger partial charge in [-0.1, -0.05) is 13.8 Å². The van der Waals surface area contributed by atoms with Crippen LogP contribution in [0.3, 0.4) is 0 Å². The number of hydrogen-bond donors (Lipinski definition) is 0. The molecule has 2 aliphatic heterocycles. The molecule has 2 bridgehead atoms. The van der Waals surface area contributed by atoms with Crippen molar-refractivity contribution in [1.29, 1.82) is 0 Å². The molecule has 0 spiro atoms. The summed E-state index contributed by atoms with van der Waals surface area (Å²) >= 11 is 0. The number of pyridine rings is 1. The second-order valence-electron chi connectivity index (χ2n) is 11.5. The van der Waals surface area contributed by atoms with Crippen molar-refractivity contribution in [2.75, 3.05) is 25.0 Å². The van der Waals surface area contributed by atoms with Crippen molar-refractivity contribution in [2.45, 2.75) is 45.3 Å². The molecule has 5 atom stereocenters. The zero-order chi connectivity index (χ0) is 25.8. The van der Waals surface area contributed by atoms with Crippen molar-refractivity contribution in [2.24, 2.45) is 29.7 Å². The molecule has 1 unspecified atom stereocenters. The van der Waals surface area contributed by atoms with Gasteiger partial charge in [-0.05, 0) is 25.8 Å². The minimum Gasteiger partial charge on any atom is -0.448 e. The number of esters is 1. The Morgan fingerprint density at radius 2 is 1.89 bits per heavy atom. The molecule has 2 saturated carbocycles. The first-order valence-electron chi connectivity index (χ1n) is 12.4. The van der Waals surface area contributed by atoms with Crippen molar-refractivity contribution < 1.29 is 18.7 Å². The maximum Gasteiger partial charge on any atom is 0.313 e. The second-order valence-corrected chi connectivity index (χ2v) is 11.5. The van der Waals surface area contributed by atoms with Gasteiger partial charge in [0.1, 0.15) is 0 Å². The van der Waals surface area contributed by atoms with E-state index in [-0.39, 0.29) is 46.6 Å². The number of likely N-dealkylation sites (tertiary alicyclic amines) is 1. The summed E-state index contributed by atoms with van der Waals surface area (Å²) in [4.78, 5) is 51.2. The quantitative estimate of drug-likeness (QED) is 0.599. The minimum atomic E-state index is -1.09. The Morgan fingerprint density at radius 1 is 1.19 bits per heavy atom. The average Bonchev–Trinajstić information content (AvgIpc) is 3.18. The lowest BCUT2D eigenvalue weighted by atomic mass is 9.66. The van der Waals surface area contributed by atoms with E-state index < -0.39 is 22.2 Å². The van der Waals surface area contributed by atoms with Gasteiger partial charge in [-0.3, -0.25) is 23.9 Å². The van der Waals surface area contributed by atoms with E-state index in [1.807, 2.05) is 37.6 Å². The molecular formula is C26H30FN5O4. The van der Waals surface area contributed by atoms with Crippen LogP contribution in [0.25, 0.3) is 11.3 Å². The van der Waals surface area contributed by atoms with Crippen LogP contribution in [-0.4, -0.2) is 63.1 Å². The van der Waals surface area contributed by atoms with Gasteiger partial charge in [0.2, 0.25) is 5.95 Å². The summed E-state index contributed by atoms with van der Waals surface area (Å²) in [6.45, 7) is 6.99. The summed E-state index contributed by atoms with van der Waals surface area (Å²) < 4.78 is 21.6. The van der Waals surface area contributed by atoms with Crippen molar-refractivity contribution in [3.05, 3.63) is 40.7 Å². The molecule has 10 heteroatoms. The first-order valence-corrected chi connectivity index (χ1v) is 12.4. The van der Waals surface area contributed by atoms with Crippen molar-refractivity contribution in [1.82, 2.24) is 19.4 Å². The molecule has 9 nitrogen and oxygen atoms in total. The van der Waals surface area contributed by atoms with Crippen LogP contribution in [0.2, 0.25) is 0 Å². The first kappa shape index (κ1) is 23.1. The van der Waals surface area contributed by atoms with Gasteiger partial charge in [0.05, 0.1) is 17.3 Å². The number of rotatable bonds is 4. The number of aromatic nitrogens is 3. The fourth-order valence-corrected chi connectivity index (χ4v) is 6.91. The fraction of sp³-hybridized carbons (Fsp3) is 0.577. The monoisotopic (exact) mass is 495 g/mol. The lowest BCUT2D eigenvalue weighted by molar-refractivity contribution is -0.173. The summed E-state index contributed by atoms with van der Waals surface area (Å²) in [6.07, 6.45) is 3.78. The fourth-order valence-electron chi connectivity index (χ4n) is 6.91. The van der Waals surface area contributed by atoms with Crippen LogP contribution in [0.5, 0.6) is 0 Å². The van der Waals surface area contributed by atoms with Gasteiger partial charge >= 0.3 is 5.97 Å². The number of ether oxygens (including phenoxy) is 1. The Kier molecular flexibility index (Phi) is 4.58. The highest BCUT2D eigenvalue weighted by Crippen LogP contribution is 2.66. The topological polar surface area (TPSA) is 97.6 Å². The normalized spacial score (nSPS) is 33.4. The van der Waals surface area contributed by atoms with Crippen LogP contribution in [0.4, 0.5) is 10.3 Å². The molecule has 0 radical (unpaired) electrons. The minimum absolute atomic E-state index is 0.0867. The summed E-state index contributed by atoms with van der Waals surface area (Å²) in [5, 5.41) is 0. The summed E-state index contributed by atoms with van der Waals surface area (Å²) in [5.74, 6) is -0.00435. The molecule has 2 aromatic rings. The van der Waals surface area contributed by atoms with Gasteiger partial charge in [0.15, 0.2) is 11.4 Å². The van der Waals surface area contributed by atoms with Crippen LogP contribution < -0.4 is 10.5 Å². The molecular weight excluding hydrogens is 465 g/mol. The third kappa shape index (κ3) is 2.72. The molecule has 2 aromatic heterocycles. The lowest BCUT2D eigenvalue weighted by Gasteiger charge is -2.38. The SMILES string of the molecule is CN(c1nc(-c2ccncc2F)cc(=O)n1C)[C@H]1[C@@H]2CN(C(=O)C34CC[C@@](C)(C(=O)O3)C4(C)C)C[C@@H]21. The Bertz CT molecular complexity index is 1360. The van der Waals surface area contributed by atoms with E-state index in [1.165, 1.54) is 22.9 Å². The van der Waals surface area contributed by atoms with Gasteiger partial charge in [0, 0.05) is 68.3 Å². The zero-order valence-electron chi connectivity index (χ0n) is 21.1. The van der Waals surface area contributed by atoms with Gasteiger partial charge < -0.3 is 14.5 Å². The third-order valence-electron chi connectivity index (χ3n) is 9.79. The molecule has 36 heavy (non-hydrogen) atoms. The Hall–Kier alpha value is -3.30. The summed E-state index contributed by atoms with van der Waals surface area (Å²) in [7, 11) is 3.53. The van der Waals surface area contributed by atoms with E-state index in [2.05, 4.69) is 9.97 Å². The largest absolute Gasteiger partial charge is 0.448 e. The molecule has 4 aliphatic rings. The van der Waals surface area contributed by atoms with Gasteiger partial charge in [-0.2, -0.15) is 0 Å². The molecule has 4 heterocycles. The predicted octanol–water partition coefficient (Wildman–Crippen LogP) is 2.00. The predicted molar refractivity (Wildman–Crippen MR) is 128 cm³/mol. The highest BCUT2D eigenvalue weighted by atomic mass is 19.1. The van der Waals surface area contributed by atoms with Gasteiger partial charge in [-0.15, -0.1) is 0 Å². The number of amides is 1. The van der Waals surface area contributed by atoms with Crippen LogP contribution >= 0.6 is 0 Å². The van der Waals surface area contributed by atoms with Crippen LogP contribution in [0.15, 0.2) is 29.3 Å². The van der Waals surface area contributed by atoms with E-state index in [4.69, 9.17) is 4.74 Å². The number of carbonyl (C=O) groups excluding carboxylic acids is 2. The molecule has 190 valence electrons. The van der Waals surface area contributed by atoms with Crippen molar-refractivity contribution in [3.63, 3.8) is 0 Å². The van der Waals surface area contributed by atoms with E-state index in [1.54, 1.807) is 7.05 Å². The average molecular weight is 496 g/mol. The highest BCUT2D eigenvalue weighted by Gasteiger charge is 2.77. The zero-order valence-corrected chi connectivity index (χ0v) is 21.1. The number of nitrogens with zero attached hydrogens (tertiary/aromatic N) is 5. The Morgan fingerprint density at radius 3 is 2.47 bits per heavy atom. The highest BCUT2D eigenvalue weighted by molar-refractivity contribution is 5.96. The number of fused-ring (bicyclic) bond motifs is 3. The van der Waals surface area contributed by atoms with Crippen LogP contribution in [-0.2, 0) is 21.4 Å². The van der Waals surface area contributed by atoms with E-state index in [0.29, 0.717) is 31.9 Å². The molecule has 4 fully saturated rings. The molecule has 0 N–H and O–H groups in total. The van der Waals surface area contributed by atoms with Crippen molar-refractivity contribution >= 4 is 17.8 Å². The number of carbonyl (C=O) groups is 2. The maximum absolute atomic E-state index is 14.3. The number of anilines is 1. The number of piperidine rings is 1. The van der Waals surface area contributed by atoms with Gasteiger partial charge in [-0.25, -0.2) is 9.37 Å². The van der Waals surface area contributed by atoms with Gasteiger partial charge in [0.25, 0.3) is 11.5 Å². The van der Waals surface area contributed by atoms with E-state index in [0.717, 1.165) is 6.20 Å². The summed E-state index contributed by atoms with van der Waals surface area (Å²) in [6, 6.07) is 2.93. The van der Waals surface area contributed by atoms with Crippen LogP contribution in [0.1, 0.15) is 33.6 Å². The Labute approximate surface area is 208 Å². The molecule has 6 rings (SSSR count). The smallest absolute Gasteiger partial charge is 0.313 e. The maximum atomic E-state index is 14.3. The lowest BCUT2D eigenvalue weighted by Crippen LogP contribution is -2.55. The molecule has 0 aromatic carbocycles. The Balaban J connectivity index is 1.21. The first-order chi connectivity index (χ1) is 16.9. The molecule has 2 saturated heterocycles.